The molecule has 9 heteroatoms. The number of nitrogens with one attached hydrogen (secondary N) is 1. The second-order valence-electron chi connectivity index (χ2n) is 6.59. The molecule has 1 aromatic carbocycles. The van der Waals surface area contributed by atoms with Gasteiger partial charge in [0.05, 0.1) is 22.8 Å². The summed E-state index contributed by atoms with van der Waals surface area (Å²) in [6, 6.07) is 0. The highest BCUT2D eigenvalue weighted by Crippen LogP contribution is 2.26. The fraction of sp³-hybridized carbons (Fsp3) is 0.474. The minimum absolute atomic E-state index is 0.0929. The summed E-state index contributed by atoms with van der Waals surface area (Å²) in [5, 5.41) is 6.64. The van der Waals surface area contributed by atoms with Gasteiger partial charge >= 0.3 is 0 Å². The second kappa shape index (κ2) is 9.41. The summed E-state index contributed by atoms with van der Waals surface area (Å²) in [4.78, 5) is 12.1. The van der Waals surface area contributed by atoms with E-state index in [0.29, 0.717) is 29.3 Å². The molecule has 0 aliphatic rings. The molecule has 0 atom stereocenters. The number of carbonyl (C=O) groups is 1. The van der Waals surface area contributed by atoms with E-state index in [0.717, 1.165) is 6.42 Å². The molecule has 0 unspecified atom stereocenters. The molecule has 4 nitrogen and oxygen atoms in total. The van der Waals surface area contributed by atoms with Gasteiger partial charge in [-0.1, -0.05) is 31.4 Å². The maximum absolute atomic E-state index is 14.3. The summed E-state index contributed by atoms with van der Waals surface area (Å²) in [6.45, 7) is 2.88. The van der Waals surface area contributed by atoms with Crippen molar-refractivity contribution < 1.29 is 22.4 Å². The van der Waals surface area contributed by atoms with Crippen LogP contribution in [0.2, 0.25) is 5.02 Å². The molecule has 1 aromatic heterocycles. The maximum atomic E-state index is 14.3. The first-order valence-corrected chi connectivity index (χ1v) is 9.35. The number of unbranched alkanes of at least 4 members (excludes halogenated alkanes) is 2. The Hall–Kier alpha value is -2.09. The molecular formula is C19H22ClF4N3O. The van der Waals surface area contributed by atoms with Crippen LogP contribution in [0.4, 0.5) is 17.6 Å². The fourth-order valence-electron chi connectivity index (χ4n) is 2.92. The predicted molar refractivity (Wildman–Crippen MR) is 98.0 cm³/mol. The molecule has 1 heterocycles. The summed E-state index contributed by atoms with van der Waals surface area (Å²) in [5.74, 6) is -6.41. The van der Waals surface area contributed by atoms with Crippen LogP contribution >= 0.6 is 11.6 Å². The zero-order valence-electron chi connectivity index (χ0n) is 15.9. The molecule has 0 radical (unpaired) electrons. The number of aromatic nitrogens is 2. The van der Waals surface area contributed by atoms with Crippen molar-refractivity contribution in [2.24, 2.45) is 7.05 Å². The van der Waals surface area contributed by atoms with Gasteiger partial charge < -0.3 is 5.32 Å². The van der Waals surface area contributed by atoms with Gasteiger partial charge in [0.2, 0.25) is 5.91 Å². The number of rotatable bonds is 8. The van der Waals surface area contributed by atoms with Crippen molar-refractivity contribution in [3.05, 3.63) is 50.8 Å². The Balaban J connectivity index is 2.14. The van der Waals surface area contributed by atoms with Crippen molar-refractivity contribution in [2.75, 3.05) is 0 Å². The van der Waals surface area contributed by atoms with E-state index in [4.69, 9.17) is 11.6 Å². The molecule has 0 bridgehead atoms. The molecular weight excluding hydrogens is 398 g/mol. The zero-order chi connectivity index (χ0) is 21.0. The van der Waals surface area contributed by atoms with E-state index in [1.165, 1.54) is 4.68 Å². The van der Waals surface area contributed by atoms with Crippen LogP contribution in [0.1, 0.15) is 48.7 Å². The van der Waals surface area contributed by atoms with Gasteiger partial charge in [0.1, 0.15) is 0 Å². The molecule has 0 aliphatic carbocycles. The standard InChI is InChI=1S/C19H22ClF4N3O/c1-4-5-6-7-11-16(21)18(23)12(19(24)17(11)22)9-25-14(28)8-13-15(20)10(2)26-27(13)3/h4-9H2,1-3H3,(H,25,28). The van der Waals surface area contributed by atoms with Crippen LogP contribution in [0, 0.1) is 30.2 Å². The normalized spacial score (nSPS) is 11.1. The van der Waals surface area contributed by atoms with Crippen LogP contribution in [0.3, 0.4) is 0 Å². The Morgan fingerprint density at radius 3 is 2.14 bits per heavy atom. The highest BCUT2D eigenvalue weighted by atomic mass is 35.5. The summed E-state index contributed by atoms with van der Waals surface area (Å²) in [5.41, 5.74) is -0.501. The van der Waals surface area contributed by atoms with Crippen molar-refractivity contribution in [2.45, 2.75) is 52.5 Å². The number of hydrogen-bond acceptors (Lipinski definition) is 2. The lowest BCUT2D eigenvalue weighted by molar-refractivity contribution is -0.120. The number of aryl methyl sites for hydroxylation is 2. The highest BCUT2D eigenvalue weighted by Gasteiger charge is 2.25. The molecule has 1 amide bonds. The molecule has 2 rings (SSSR count). The van der Waals surface area contributed by atoms with Gasteiger partial charge in [-0.25, -0.2) is 17.6 Å². The fourth-order valence-corrected chi connectivity index (χ4v) is 3.15. The summed E-state index contributed by atoms with van der Waals surface area (Å²) < 4.78 is 58.3. The lowest BCUT2D eigenvalue weighted by Gasteiger charge is -2.13. The van der Waals surface area contributed by atoms with Gasteiger partial charge in [0.15, 0.2) is 23.3 Å². The molecule has 1 N–H and O–H groups in total. The van der Waals surface area contributed by atoms with Crippen molar-refractivity contribution >= 4 is 17.5 Å². The molecule has 0 saturated heterocycles. The Morgan fingerprint density at radius 1 is 1.07 bits per heavy atom. The number of halogens is 5. The topological polar surface area (TPSA) is 46.9 Å². The zero-order valence-corrected chi connectivity index (χ0v) is 16.7. The van der Waals surface area contributed by atoms with E-state index in [9.17, 15) is 22.4 Å². The summed E-state index contributed by atoms with van der Waals surface area (Å²) >= 11 is 6.05. The first-order chi connectivity index (χ1) is 13.2. The Morgan fingerprint density at radius 2 is 1.64 bits per heavy atom. The number of amides is 1. The van der Waals surface area contributed by atoms with Crippen LogP contribution in [0.15, 0.2) is 0 Å². The van der Waals surface area contributed by atoms with E-state index in [-0.39, 0.29) is 12.8 Å². The quantitative estimate of drug-likeness (QED) is 0.388. The molecule has 0 aliphatic heterocycles. The van der Waals surface area contributed by atoms with E-state index in [1.807, 2.05) is 6.92 Å². The van der Waals surface area contributed by atoms with E-state index < -0.39 is 46.8 Å². The van der Waals surface area contributed by atoms with Gasteiger partial charge in [-0.15, -0.1) is 0 Å². The monoisotopic (exact) mass is 419 g/mol. The van der Waals surface area contributed by atoms with Gasteiger partial charge in [0, 0.05) is 24.7 Å². The first-order valence-electron chi connectivity index (χ1n) is 8.97. The molecule has 0 fully saturated rings. The van der Waals surface area contributed by atoms with Crippen LogP contribution in [0.5, 0.6) is 0 Å². The number of carbonyl (C=O) groups excluding carboxylic acids is 1. The lowest BCUT2D eigenvalue weighted by atomic mass is 10.0. The van der Waals surface area contributed by atoms with Crippen LogP contribution < -0.4 is 5.32 Å². The lowest BCUT2D eigenvalue weighted by Crippen LogP contribution is -2.27. The third kappa shape index (κ3) is 4.66. The Kier molecular flexibility index (Phi) is 7.46. The molecule has 154 valence electrons. The second-order valence-corrected chi connectivity index (χ2v) is 6.97. The SMILES string of the molecule is CCCCCc1c(F)c(F)c(CNC(=O)Cc2c(Cl)c(C)nn2C)c(F)c1F. The van der Waals surface area contributed by atoms with E-state index >= 15 is 0 Å². The molecule has 0 spiro atoms. The molecule has 0 saturated carbocycles. The third-order valence-corrected chi connectivity index (χ3v) is 5.02. The van der Waals surface area contributed by atoms with Crippen LogP contribution in [0.25, 0.3) is 0 Å². The minimum Gasteiger partial charge on any atom is -0.351 e. The Bertz CT molecular complexity index is 854. The van der Waals surface area contributed by atoms with Gasteiger partial charge in [0.25, 0.3) is 0 Å². The molecule has 28 heavy (non-hydrogen) atoms. The number of nitrogens with zero attached hydrogens (tertiary/aromatic N) is 2. The predicted octanol–water partition coefficient (Wildman–Crippen LogP) is 4.53. The van der Waals surface area contributed by atoms with Crippen LogP contribution in [-0.2, 0) is 31.2 Å². The third-order valence-electron chi connectivity index (χ3n) is 4.53. The van der Waals surface area contributed by atoms with Crippen molar-refractivity contribution in [1.29, 1.82) is 0 Å². The first kappa shape index (κ1) is 22.2. The Labute approximate surface area is 165 Å². The highest BCUT2D eigenvalue weighted by molar-refractivity contribution is 6.32. The van der Waals surface area contributed by atoms with Gasteiger partial charge in [-0.05, 0) is 19.8 Å². The maximum Gasteiger partial charge on any atom is 0.226 e. The van der Waals surface area contributed by atoms with Crippen molar-refractivity contribution in [3.63, 3.8) is 0 Å². The van der Waals surface area contributed by atoms with Crippen molar-refractivity contribution in [1.82, 2.24) is 15.1 Å². The smallest absolute Gasteiger partial charge is 0.226 e. The minimum atomic E-state index is -1.49. The van der Waals surface area contributed by atoms with Crippen molar-refractivity contribution in [3.8, 4) is 0 Å². The number of benzene rings is 1. The summed E-state index contributed by atoms with van der Waals surface area (Å²) in [6.07, 6.45) is 1.63. The van der Waals surface area contributed by atoms with E-state index in [1.54, 1.807) is 14.0 Å². The van der Waals surface area contributed by atoms with Crippen LogP contribution in [-0.4, -0.2) is 15.7 Å². The molecule has 2 aromatic rings. The van der Waals surface area contributed by atoms with Gasteiger partial charge in [-0.3, -0.25) is 9.48 Å². The number of hydrogen-bond donors (Lipinski definition) is 1. The summed E-state index contributed by atoms with van der Waals surface area (Å²) in [7, 11) is 1.60. The largest absolute Gasteiger partial charge is 0.351 e. The average Bonchev–Trinajstić information content (AvgIpc) is 2.89. The van der Waals surface area contributed by atoms with E-state index in [2.05, 4.69) is 10.4 Å². The average molecular weight is 420 g/mol. The van der Waals surface area contributed by atoms with Gasteiger partial charge in [-0.2, -0.15) is 5.10 Å².